The first kappa shape index (κ1) is 20.1. The van der Waals surface area contributed by atoms with Gasteiger partial charge in [-0.15, -0.1) is 0 Å². The number of anilines is 1. The lowest BCUT2D eigenvalue weighted by atomic mass is 10.2. The van der Waals surface area contributed by atoms with E-state index in [-0.39, 0.29) is 12.5 Å². The summed E-state index contributed by atoms with van der Waals surface area (Å²) in [5, 5.41) is 3.54. The fraction of sp³-hybridized carbons (Fsp3) is 0.238. The van der Waals surface area contributed by atoms with Gasteiger partial charge in [-0.05, 0) is 18.2 Å². The molecule has 0 saturated heterocycles. The number of rotatable bonds is 8. The van der Waals surface area contributed by atoms with Crippen molar-refractivity contribution in [1.29, 1.82) is 0 Å². The number of methoxy groups -OCH3 is 4. The average Bonchev–Trinajstić information content (AvgIpc) is 3.09. The SMILES string of the molecule is COc1ccc2c(c1)c(C=O)cn2CC(=O)Nc1cc(OC)c(OC)c(OC)c1. The van der Waals surface area contributed by atoms with Gasteiger partial charge in [-0.3, -0.25) is 9.59 Å². The van der Waals surface area contributed by atoms with Gasteiger partial charge < -0.3 is 28.8 Å². The molecule has 2 aromatic carbocycles. The van der Waals surface area contributed by atoms with E-state index in [2.05, 4.69) is 5.32 Å². The van der Waals surface area contributed by atoms with Gasteiger partial charge in [-0.1, -0.05) is 0 Å². The van der Waals surface area contributed by atoms with E-state index in [1.807, 2.05) is 6.07 Å². The van der Waals surface area contributed by atoms with Crippen molar-refractivity contribution in [2.75, 3.05) is 33.8 Å². The van der Waals surface area contributed by atoms with Crippen LogP contribution >= 0.6 is 0 Å². The third-order valence-corrected chi connectivity index (χ3v) is 4.51. The maximum atomic E-state index is 12.6. The van der Waals surface area contributed by atoms with E-state index < -0.39 is 0 Å². The van der Waals surface area contributed by atoms with Gasteiger partial charge in [0.25, 0.3) is 0 Å². The molecule has 0 spiro atoms. The van der Waals surface area contributed by atoms with E-state index in [9.17, 15) is 9.59 Å². The Kier molecular flexibility index (Phi) is 5.92. The molecule has 0 atom stereocenters. The highest BCUT2D eigenvalue weighted by atomic mass is 16.5. The third kappa shape index (κ3) is 3.96. The summed E-state index contributed by atoms with van der Waals surface area (Å²) < 4.78 is 22.8. The van der Waals surface area contributed by atoms with Crippen molar-refractivity contribution in [1.82, 2.24) is 4.57 Å². The fourth-order valence-electron chi connectivity index (χ4n) is 3.16. The number of fused-ring (bicyclic) bond motifs is 1. The normalized spacial score (nSPS) is 10.5. The molecule has 3 rings (SSSR count). The summed E-state index contributed by atoms with van der Waals surface area (Å²) in [5.41, 5.74) is 1.74. The van der Waals surface area contributed by atoms with Crippen LogP contribution in [-0.4, -0.2) is 45.2 Å². The largest absolute Gasteiger partial charge is 0.497 e. The lowest BCUT2D eigenvalue weighted by Crippen LogP contribution is -2.18. The smallest absolute Gasteiger partial charge is 0.244 e. The molecule has 0 unspecified atom stereocenters. The molecule has 1 amide bonds. The number of hydrogen-bond acceptors (Lipinski definition) is 6. The molecule has 0 radical (unpaired) electrons. The van der Waals surface area contributed by atoms with E-state index in [1.54, 1.807) is 42.1 Å². The maximum Gasteiger partial charge on any atom is 0.244 e. The number of amides is 1. The quantitative estimate of drug-likeness (QED) is 0.587. The van der Waals surface area contributed by atoms with Gasteiger partial charge >= 0.3 is 0 Å². The molecule has 29 heavy (non-hydrogen) atoms. The Bertz CT molecular complexity index is 1030. The molecule has 0 fully saturated rings. The summed E-state index contributed by atoms with van der Waals surface area (Å²) in [4.78, 5) is 24.1. The van der Waals surface area contributed by atoms with Gasteiger partial charge in [0.15, 0.2) is 17.8 Å². The van der Waals surface area contributed by atoms with E-state index in [1.165, 1.54) is 21.3 Å². The minimum atomic E-state index is -0.274. The standard InChI is InChI=1S/C21H22N2O6/c1-26-15-5-6-17-16(9-15)13(12-24)10-23(17)11-20(25)22-14-7-18(27-2)21(29-4)19(8-14)28-3/h5-10,12H,11H2,1-4H3,(H,22,25). The molecule has 152 valence electrons. The van der Waals surface area contributed by atoms with Gasteiger partial charge in [0.1, 0.15) is 12.3 Å². The van der Waals surface area contributed by atoms with Crippen LogP contribution in [0.1, 0.15) is 10.4 Å². The first-order valence-corrected chi connectivity index (χ1v) is 8.76. The molecule has 0 aliphatic heterocycles. The molecule has 3 aromatic rings. The first-order valence-electron chi connectivity index (χ1n) is 8.76. The van der Waals surface area contributed by atoms with Gasteiger partial charge in [-0.25, -0.2) is 0 Å². The second-order valence-corrected chi connectivity index (χ2v) is 6.18. The number of hydrogen-bond donors (Lipinski definition) is 1. The summed E-state index contributed by atoms with van der Waals surface area (Å²) in [6, 6.07) is 8.66. The van der Waals surface area contributed by atoms with Crippen molar-refractivity contribution < 1.29 is 28.5 Å². The molecule has 8 heteroatoms. The second kappa shape index (κ2) is 8.55. The number of nitrogens with one attached hydrogen (secondary N) is 1. The van der Waals surface area contributed by atoms with Crippen molar-refractivity contribution in [3.05, 3.63) is 42.1 Å². The lowest BCUT2D eigenvalue weighted by molar-refractivity contribution is -0.116. The zero-order chi connectivity index (χ0) is 21.0. The van der Waals surface area contributed by atoms with Crippen LogP contribution in [-0.2, 0) is 11.3 Å². The zero-order valence-electron chi connectivity index (χ0n) is 16.6. The molecule has 1 aromatic heterocycles. The summed E-state index contributed by atoms with van der Waals surface area (Å²) in [5.74, 6) is 1.67. The minimum Gasteiger partial charge on any atom is -0.497 e. The molecule has 1 heterocycles. The Labute approximate surface area is 167 Å². The Morgan fingerprint density at radius 3 is 2.24 bits per heavy atom. The summed E-state index contributed by atoms with van der Waals surface area (Å²) in [6.07, 6.45) is 2.40. The highest BCUT2D eigenvalue weighted by Crippen LogP contribution is 2.40. The van der Waals surface area contributed by atoms with Crippen molar-refractivity contribution in [3.8, 4) is 23.0 Å². The number of benzene rings is 2. The molecule has 0 aliphatic carbocycles. The number of aromatic nitrogens is 1. The minimum absolute atomic E-state index is 0.0212. The molecular weight excluding hydrogens is 376 g/mol. The average molecular weight is 398 g/mol. The summed E-state index contributed by atoms with van der Waals surface area (Å²) in [7, 11) is 6.08. The van der Waals surface area contributed by atoms with Crippen LogP contribution in [0.4, 0.5) is 5.69 Å². The van der Waals surface area contributed by atoms with Crippen LogP contribution < -0.4 is 24.3 Å². The highest BCUT2D eigenvalue weighted by Gasteiger charge is 2.16. The van der Waals surface area contributed by atoms with E-state index in [0.29, 0.717) is 34.2 Å². The van der Waals surface area contributed by atoms with Crippen molar-refractivity contribution >= 4 is 28.8 Å². The fourth-order valence-corrected chi connectivity index (χ4v) is 3.16. The number of aldehydes is 1. The molecule has 8 nitrogen and oxygen atoms in total. The molecule has 1 N–H and O–H groups in total. The Hall–Kier alpha value is -3.68. The van der Waals surface area contributed by atoms with Crippen molar-refractivity contribution in [2.45, 2.75) is 6.54 Å². The second-order valence-electron chi connectivity index (χ2n) is 6.18. The Morgan fingerprint density at radius 1 is 1.00 bits per heavy atom. The molecular formula is C21H22N2O6. The number of carbonyl (C=O) groups is 2. The van der Waals surface area contributed by atoms with Crippen LogP contribution in [0.3, 0.4) is 0 Å². The van der Waals surface area contributed by atoms with Crippen molar-refractivity contribution in [2.24, 2.45) is 0 Å². The zero-order valence-corrected chi connectivity index (χ0v) is 16.6. The van der Waals surface area contributed by atoms with Crippen molar-refractivity contribution in [3.63, 3.8) is 0 Å². The Morgan fingerprint density at radius 2 is 1.69 bits per heavy atom. The predicted octanol–water partition coefficient (Wildman–Crippen LogP) is 3.13. The van der Waals surface area contributed by atoms with Gasteiger partial charge in [0.05, 0.1) is 28.4 Å². The van der Waals surface area contributed by atoms with Crippen LogP contribution in [0.15, 0.2) is 36.5 Å². The third-order valence-electron chi connectivity index (χ3n) is 4.51. The van der Waals surface area contributed by atoms with Gasteiger partial charge in [0.2, 0.25) is 11.7 Å². The predicted molar refractivity (Wildman–Crippen MR) is 109 cm³/mol. The topological polar surface area (TPSA) is 88.0 Å². The van der Waals surface area contributed by atoms with Crippen LogP contribution in [0.2, 0.25) is 0 Å². The number of nitrogens with zero attached hydrogens (tertiary/aromatic N) is 1. The highest BCUT2D eigenvalue weighted by molar-refractivity contribution is 5.99. The van der Waals surface area contributed by atoms with Crippen LogP contribution in [0.5, 0.6) is 23.0 Å². The number of ether oxygens (including phenoxy) is 4. The van der Waals surface area contributed by atoms with Gasteiger partial charge in [-0.2, -0.15) is 0 Å². The van der Waals surface area contributed by atoms with Crippen LogP contribution in [0, 0.1) is 0 Å². The lowest BCUT2D eigenvalue weighted by Gasteiger charge is -2.15. The summed E-state index contributed by atoms with van der Waals surface area (Å²) >= 11 is 0. The number of carbonyl (C=O) groups excluding carboxylic acids is 2. The monoisotopic (exact) mass is 398 g/mol. The maximum absolute atomic E-state index is 12.6. The van der Waals surface area contributed by atoms with Gasteiger partial charge in [0, 0.05) is 40.5 Å². The first-order chi connectivity index (χ1) is 14.0. The van der Waals surface area contributed by atoms with Crippen LogP contribution in [0.25, 0.3) is 10.9 Å². The Balaban J connectivity index is 1.87. The molecule has 0 aliphatic rings. The van der Waals surface area contributed by atoms with E-state index in [4.69, 9.17) is 18.9 Å². The molecule has 0 bridgehead atoms. The van der Waals surface area contributed by atoms with E-state index in [0.717, 1.165) is 17.2 Å². The summed E-state index contributed by atoms with van der Waals surface area (Å²) in [6.45, 7) is 0.0212. The van der Waals surface area contributed by atoms with E-state index >= 15 is 0 Å². The molecule has 0 saturated carbocycles.